The fourth-order valence-corrected chi connectivity index (χ4v) is 2.06. The summed E-state index contributed by atoms with van der Waals surface area (Å²) in [6.45, 7) is 8.03. The van der Waals surface area contributed by atoms with Gasteiger partial charge in [-0.15, -0.1) is 0 Å². The average molecular weight is 211 g/mol. The average Bonchev–Trinajstić information content (AvgIpc) is 2.43. The number of hydrogen-bond donors (Lipinski definition) is 0. The predicted octanol–water partition coefficient (Wildman–Crippen LogP) is 1.83. The second-order valence-electron chi connectivity index (χ2n) is 4.77. The lowest BCUT2D eigenvalue weighted by atomic mass is 9.85. The Kier molecular flexibility index (Phi) is 3.36. The minimum absolute atomic E-state index is 0.00241. The largest absolute Gasteiger partial charge is 0.348 e. The molecule has 1 aliphatic heterocycles. The van der Waals surface area contributed by atoms with Crippen molar-refractivity contribution in [2.75, 3.05) is 14.1 Å². The number of likely N-dealkylation sites (N-methyl/N-ethyl adjacent to an activating group) is 1. The molecule has 0 bridgehead atoms. The van der Waals surface area contributed by atoms with Crippen LogP contribution in [0.4, 0.5) is 0 Å². The van der Waals surface area contributed by atoms with E-state index < -0.39 is 5.60 Å². The number of nitrogens with zero attached hydrogens (tertiary/aromatic N) is 1. The Morgan fingerprint density at radius 2 is 2.00 bits per heavy atom. The molecule has 0 saturated carbocycles. The van der Waals surface area contributed by atoms with Gasteiger partial charge in [0, 0.05) is 5.92 Å². The highest BCUT2D eigenvalue weighted by Crippen LogP contribution is 2.40. The van der Waals surface area contributed by atoms with Crippen LogP contribution in [0.2, 0.25) is 0 Å². The fraction of sp³-hybridized carbons (Fsp3) is 0.750. The van der Waals surface area contributed by atoms with E-state index in [1.54, 1.807) is 0 Å². The summed E-state index contributed by atoms with van der Waals surface area (Å²) in [6.07, 6.45) is 0.965. The van der Waals surface area contributed by atoms with Gasteiger partial charge in [0.1, 0.15) is 12.5 Å². The van der Waals surface area contributed by atoms with E-state index in [4.69, 9.17) is 4.74 Å². The maximum Gasteiger partial charge on any atom is 0.133 e. The molecule has 1 rings (SSSR count). The van der Waals surface area contributed by atoms with Crippen LogP contribution in [0.3, 0.4) is 0 Å². The summed E-state index contributed by atoms with van der Waals surface area (Å²) in [6, 6.07) is 0. The molecule has 3 unspecified atom stereocenters. The second kappa shape index (κ2) is 4.06. The zero-order chi connectivity index (χ0) is 11.8. The Bertz CT molecular complexity index is 296. The summed E-state index contributed by atoms with van der Waals surface area (Å²) in [7, 11) is 3.97. The lowest BCUT2D eigenvalue weighted by Crippen LogP contribution is -2.40. The second-order valence-corrected chi connectivity index (χ2v) is 4.77. The topological polar surface area (TPSA) is 29.5 Å². The molecule has 0 aromatic carbocycles. The van der Waals surface area contributed by atoms with Crippen molar-refractivity contribution in [1.29, 1.82) is 0 Å². The molecule has 3 nitrogen and oxygen atoms in total. The quantitative estimate of drug-likeness (QED) is 0.527. The fourth-order valence-electron chi connectivity index (χ4n) is 2.06. The van der Waals surface area contributed by atoms with Gasteiger partial charge >= 0.3 is 0 Å². The van der Waals surface area contributed by atoms with E-state index in [1.165, 1.54) is 11.1 Å². The number of hydrogen-bond acceptors (Lipinski definition) is 3. The van der Waals surface area contributed by atoms with Crippen molar-refractivity contribution in [3.63, 3.8) is 0 Å². The van der Waals surface area contributed by atoms with Gasteiger partial charge in [0.2, 0.25) is 0 Å². The summed E-state index contributed by atoms with van der Waals surface area (Å²) in [5.74, 6) is -0.114. The van der Waals surface area contributed by atoms with Gasteiger partial charge in [-0.1, -0.05) is 6.92 Å². The van der Waals surface area contributed by atoms with Crippen molar-refractivity contribution < 1.29 is 9.53 Å². The third-order valence-corrected chi connectivity index (χ3v) is 3.61. The molecule has 3 atom stereocenters. The van der Waals surface area contributed by atoms with Gasteiger partial charge in [0.15, 0.2) is 0 Å². The smallest absolute Gasteiger partial charge is 0.133 e. The van der Waals surface area contributed by atoms with Crippen LogP contribution in [0.25, 0.3) is 0 Å². The van der Waals surface area contributed by atoms with Crippen LogP contribution in [0.5, 0.6) is 0 Å². The molecule has 15 heavy (non-hydrogen) atoms. The maximum atomic E-state index is 10.9. The molecule has 0 fully saturated rings. The first-order valence-corrected chi connectivity index (χ1v) is 5.32. The summed E-state index contributed by atoms with van der Waals surface area (Å²) in [4.78, 5) is 12.9. The predicted molar refractivity (Wildman–Crippen MR) is 60.6 cm³/mol. The SMILES string of the molecule is CC1=C(C)C(C)(C(C)C=O)OC1N(C)C. The Labute approximate surface area is 92.1 Å². The molecule has 0 aromatic rings. The minimum Gasteiger partial charge on any atom is -0.348 e. The molecule has 86 valence electrons. The van der Waals surface area contributed by atoms with Crippen LogP contribution in [0.1, 0.15) is 27.7 Å². The molecule has 0 spiro atoms. The van der Waals surface area contributed by atoms with Crippen LogP contribution in [-0.2, 0) is 9.53 Å². The van der Waals surface area contributed by atoms with E-state index in [9.17, 15) is 4.79 Å². The van der Waals surface area contributed by atoms with Crippen LogP contribution in [0.15, 0.2) is 11.1 Å². The van der Waals surface area contributed by atoms with Gasteiger partial charge in [-0.25, -0.2) is 0 Å². The van der Waals surface area contributed by atoms with Crippen molar-refractivity contribution in [3.05, 3.63) is 11.1 Å². The molecule has 0 saturated heterocycles. The van der Waals surface area contributed by atoms with Crippen LogP contribution in [-0.4, -0.2) is 37.1 Å². The first kappa shape index (κ1) is 12.4. The lowest BCUT2D eigenvalue weighted by Gasteiger charge is -2.32. The zero-order valence-electron chi connectivity index (χ0n) is 10.5. The summed E-state index contributed by atoms with van der Waals surface area (Å²) < 4.78 is 6.01. The van der Waals surface area contributed by atoms with Gasteiger partial charge in [-0.2, -0.15) is 0 Å². The van der Waals surface area contributed by atoms with Crippen molar-refractivity contribution >= 4 is 6.29 Å². The minimum atomic E-state index is -0.444. The first-order valence-electron chi connectivity index (χ1n) is 5.32. The van der Waals surface area contributed by atoms with E-state index in [-0.39, 0.29) is 12.1 Å². The molecule has 0 aliphatic carbocycles. The molecule has 0 amide bonds. The highest BCUT2D eigenvalue weighted by atomic mass is 16.5. The molecule has 1 aliphatic rings. The Hall–Kier alpha value is -0.670. The van der Waals surface area contributed by atoms with E-state index in [0.717, 1.165) is 6.29 Å². The van der Waals surface area contributed by atoms with E-state index in [2.05, 4.69) is 13.8 Å². The summed E-state index contributed by atoms with van der Waals surface area (Å²) >= 11 is 0. The van der Waals surface area contributed by atoms with Crippen molar-refractivity contribution in [3.8, 4) is 0 Å². The van der Waals surface area contributed by atoms with Crippen molar-refractivity contribution in [2.45, 2.75) is 39.5 Å². The molecule has 0 N–H and O–H groups in total. The van der Waals surface area contributed by atoms with Crippen molar-refractivity contribution in [1.82, 2.24) is 4.90 Å². The summed E-state index contributed by atoms with van der Waals surface area (Å²) in [5, 5.41) is 0. The normalized spacial score (nSPS) is 33.7. The Morgan fingerprint density at radius 3 is 2.33 bits per heavy atom. The molecular formula is C12H21NO2. The van der Waals surface area contributed by atoms with Gasteiger partial charge < -0.3 is 9.53 Å². The molecular weight excluding hydrogens is 190 g/mol. The maximum absolute atomic E-state index is 10.9. The van der Waals surface area contributed by atoms with Crippen LogP contribution in [0, 0.1) is 5.92 Å². The standard InChI is InChI=1S/C12H21NO2/c1-8(7-14)12(4)10(3)9(2)11(15-12)13(5)6/h7-8,11H,1-6H3. The number of carbonyl (C=O) groups is 1. The number of carbonyl (C=O) groups excluding carboxylic acids is 1. The van der Waals surface area contributed by atoms with Gasteiger partial charge in [0.25, 0.3) is 0 Å². The third kappa shape index (κ3) is 1.86. The van der Waals surface area contributed by atoms with E-state index in [0.29, 0.717) is 0 Å². The first-order chi connectivity index (χ1) is 6.84. The number of ether oxygens (including phenoxy) is 1. The third-order valence-electron chi connectivity index (χ3n) is 3.61. The van der Waals surface area contributed by atoms with Gasteiger partial charge in [-0.3, -0.25) is 4.90 Å². The van der Waals surface area contributed by atoms with Gasteiger partial charge in [0.05, 0.1) is 5.60 Å². The number of aldehydes is 1. The molecule has 0 aromatic heterocycles. The monoisotopic (exact) mass is 211 g/mol. The molecule has 1 heterocycles. The number of rotatable bonds is 3. The Balaban J connectivity index is 3.04. The summed E-state index contributed by atoms with van der Waals surface area (Å²) in [5.41, 5.74) is 1.96. The molecule has 0 radical (unpaired) electrons. The van der Waals surface area contributed by atoms with Crippen molar-refractivity contribution in [2.24, 2.45) is 5.92 Å². The van der Waals surface area contributed by atoms with E-state index >= 15 is 0 Å². The molecule has 3 heteroatoms. The highest BCUT2D eigenvalue weighted by molar-refractivity contribution is 5.57. The highest BCUT2D eigenvalue weighted by Gasteiger charge is 2.44. The Morgan fingerprint density at radius 1 is 1.47 bits per heavy atom. The lowest BCUT2D eigenvalue weighted by molar-refractivity contribution is -0.128. The zero-order valence-corrected chi connectivity index (χ0v) is 10.5. The van der Waals surface area contributed by atoms with Crippen LogP contribution < -0.4 is 0 Å². The van der Waals surface area contributed by atoms with Gasteiger partial charge in [-0.05, 0) is 46.0 Å². The van der Waals surface area contributed by atoms with Crippen LogP contribution >= 0.6 is 0 Å². The van der Waals surface area contributed by atoms with E-state index in [1.807, 2.05) is 32.8 Å².